The molecule has 1 N–H and O–H groups in total. The lowest BCUT2D eigenvalue weighted by Crippen LogP contribution is -2.23. The van der Waals surface area contributed by atoms with Crippen LogP contribution >= 0.6 is 11.6 Å². The fraction of sp³-hybridized carbons (Fsp3) is 0.176. The van der Waals surface area contributed by atoms with E-state index >= 15 is 0 Å². The Kier molecular flexibility index (Phi) is 4.05. The highest BCUT2D eigenvalue weighted by Crippen LogP contribution is 2.28. The molecule has 0 aromatic heterocycles. The number of carbonyl (C=O) groups is 2. The molecule has 0 atom stereocenters. The van der Waals surface area contributed by atoms with Gasteiger partial charge in [-0.05, 0) is 41.5 Å². The van der Waals surface area contributed by atoms with Crippen LogP contribution in [0.15, 0.2) is 36.4 Å². The van der Waals surface area contributed by atoms with E-state index in [-0.39, 0.29) is 23.4 Å². The number of amides is 2. The van der Waals surface area contributed by atoms with Crippen LogP contribution in [-0.4, -0.2) is 18.9 Å². The first-order valence-corrected chi connectivity index (χ1v) is 7.45. The summed E-state index contributed by atoms with van der Waals surface area (Å²) >= 11 is 5.93. The number of nitrogens with zero attached hydrogens (tertiary/aromatic N) is 1. The molecule has 2 amide bonds. The van der Waals surface area contributed by atoms with E-state index in [4.69, 9.17) is 11.6 Å². The van der Waals surface area contributed by atoms with Gasteiger partial charge in [-0.2, -0.15) is 0 Å². The second-order valence-electron chi connectivity index (χ2n) is 5.39. The summed E-state index contributed by atoms with van der Waals surface area (Å²) in [6, 6.07) is 9.20. The zero-order valence-corrected chi connectivity index (χ0v) is 13.2. The van der Waals surface area contributed by atoms with Gasteiger partial charge < -0.3 is 10.2 Å². The molecule has 0 fully saturated rings. The zero-order chi connectivity index (χ0) is 16.6. The summed E-state index contributed by atoms with van der Waals surface area (Å²) < 4.78 is 13.0. The van der Waals surface area contributed by atoms with E-state index in [1.54, 1.807) is 30.1 Å². The number of nitrogens with one attached hydrogen (secondary N) is 1. The number of fused-ring (bicyclic) bond motifs is 1. The van der Waals surface area contributed by atoms with E-state index < -0.39 is 5.82 Å². The van der Waals surface area contributed by atoms with Crippen LogP contribution in [0.4, 0.5) is 10.1 Å². The van der Waals surface area contributed by atoms with Crippen molar-refractivity contribution in [2.24, 2.45) is 0 Å². The van der Waals surface area contributed by atoms with Crippen molar-refractivity contribution in [3.05, 3.63) is 63.9 Å². The highest BCUT2D eigenvalue weighted by atomic mass is 35.5. The summed E-state index contributed by atoms with van der Waals surface area (Å²) in [5.41, 5.74) is 2.78. The number of anilines is 1. The van der Waals surface area contributed by atoms with Crippen LogP contribution in [0.2, 0.25) is 5.02 Å². The van der Waals surface area contributed by atoms with Gasteiger partial charge in [0.1, 0.15) is 5.82 Å². The molecule has 0 saturated heterocycles. The monoisotopic (exact) mass is 332 g/mol. The van der Waals surface area contributed by atoms with Gasteiger partial charge >= 0.3 is 0 Å². The topological polar surface area (TPSA) is 49.4 Å². The first-order valence-electron chi connectivity index (χ1n) is 7.07. The van der Waals surface area contributed by atoms with Crippen LogP contribution in [0.3, 0.4) is 0 Å². The third-order valence-corrected chi connectivity index (χ3v) is 4.23. The van der Waals surface area contributed by atoms with Crippen molar-refractivity contribution in [2.45, 2.75) is 13.0 Å². The number of rotatable bonds is 3. The summed E-state index contributed by atoms with van der Waals surface area (Å²) in [4.78, 5) is 25.5. The van der Waals surface area contributed by atoms with Crippen molar-refractivity contribution >= 4 is 29.1 Å². The van der Waals surface area contributed by atoms with Crippen molar-refractivity contribution < 1.29 is 14.0 Å². The fourth-order valence-electron chi connectivity index (χ4n) is 2.55. The van der Waals surface area contributed by atoms with Crippen LogP contribution in [0.25, 0.3) is 0 Å². The van der Waals surface area contributed by atoms with Crippen molar-refractivity contribution in [3.8, 4) is 0 Å². The average molecular weight is 333 g/mol. The Labute approximate surface area is 137 Å². The Morgan fingerprint density at radius 3 is 2.83 bits per heavy atom. The van der Waals surface area contributed by atoms with E-state index in [0.717, 1.165) is 11.3 Å². The molecule has 118 valence electrons. The molecule has 2 aromatic rings. The lowest BCUT2D eigenvalue weighted by atomic mass is 10.1. The maximum absolute atomic E-state index is 13.0. The number of hydrogen-bond donors (Lipinski definition) is 1. The third kappa shape index (κ3) is 3.05. The van der Waals surface area contributed by atoms with Crippen molar-refractivity contribution in [2.75, 3.05) is 11.9 Å². The summed E-state index contributed by atoms with van der Waals surface area (Å²) in [6.45, 7) is 0.202. The van der Waals surface area contributed by atoms with Crippen molar-refractivity contribution in [1.82, 2.24) is 5.32 Å². The number of hydrogen-bond acceptors (Lipinski definition) is 2. The van der Waals surface area contributed by atoms with Crippen LogP contribution in [0.5, 0.6) is 0 Å². The predicted molar refractivity (Wildman–Crippen MR) is 86.1 cm³/mol. The number of benzene rings is 2. The van der Waals surface area contributed by atoms with E-state index in [1.165, 1.54) is 18.2 Å². The first kappa shape index (κ1) is 15.5. The molecule has 0 aliphatic carbocycles. The average Bonchev–Trinajstić information content (AvgIpc) is 2.80. The molecule has 0 bridgehead atoms. The molecular weight excluding hydrogens is 319 g/mol. The van der Waals surface area contributed by atoms with Gasteiger partial charge in [0, 0.05) is 29.9 Å². The van der Waals surface area contributed by atoms with Gasteiger partial charge in [-0.3, -0.25) is 9.59 Å². The summed E-state index contributed by atoms with van der Waals surface area (Å²) in [7, 11) is 1.71. The van der Waals surface area contributed by atoms with Crippen LogP contribution < -0.4 is 10.2 Å². The molecule has 4 nitrogen and oxygen atoms in total. The van der Waals surface area contributed by atoms with Gasteiger partial charge in [0.25, 0.3) is 5.91 Å². The number of likely N-dealkylation sites (N-methyl/N-ethyl adjacent to an activating group) is 1. The number of halogens is 2. The highest BCUT2D eigenvalue weighted by molar-refractivity contribution is 6.31. The summed E-state index contributed by atoms with van der Waals surface area (Å²) in [6.07, 6.45) is 0.302. The minimum atomic E-state index is -0.419. The Hall–Kier alpha value is -2.40. The Bertz CT molecular complexity index is 807. The molecule has 3 rings (SSSR count). The van der Waals surface area contributed by atoms with Crippen molar-refractivity contribution in [3.63, 3.8) is 0 Å². The molecule has 0 unspecified atom stereocenters. The molecule has 1 aliphatic heterocycles. The predicted octanol–water partition coefficient (Wildman–Crippen LogP) is 2.93. The van der Waals surface area contributed by atoms with Gasteiger partial charge in [0.2, 0.25) is 5.91 Å². The largest absolute Gasteiger partial charge is 0.348 e. The lowest BCUT2D eigenvalue weighted by Gasteiger charge is -2.11. The Morgan fingerprint density at radius 2 is 2.09 bits per heavy atom. The lowest BCUT2D eigenvalue weighted by molar-refractivity contribution is -0.117. The van der Waals surface area contributed by atoms with Crippen molar-refractivity contribution in [1.29, 1.82) is 0 Å². The Morgan fingerprint density at radius 1 is 1.30 bits per heavy atom. The molecule has 1 aliphatic rings. The molecule has 0 spiro atoms. The second-order valence-corrected chi connectivity index (χ2v) is 5.80. The maximum atomic E-state index is 13.0. The summed E-state index contributed by atoms with van der Waals surface area (Å²) in [5.74, 6) is -0.677. The van der Waals surface area contributed by atoms with Gasteiger partial charge in [0.15, 0.2) is 0 Å². The van der Waals surface area contributed by atoms with Gasteiger partial charge in [0.05, 0.1) is 6.42 Å². The van der Waals surface area contributed by atoms with Gasteiger partial charge in [-0.15, -0.1) is 0 Å². The molecule has 23 heavy (non-hydrogen) atoms. The smallest absolute Gasteiger partial charge is 0.251 e. The summed E-state index contributed by atoms with van der Waals surface area (Å²) in [5, 5.41) is 3.01. The minimum absolute atomic E-state index is 0.00986. The van der Waals surface area contributed by atoms with Crippen LogP contribution in [-0.2, 0) is 17.8 Å². The molecule has 6 heteroatoms. The van der Waals surface area contributed by atoms with E-state index in [9.17, 15) is 14.0 Å². The van der Waals surface area contributed by atoms with Gasteiger partial charge in [-0.25, -0.2) is 4.39 Å². The second kappa shape index (κ2) is 6.01. The van der Waals surface area contributed by atoms with Gasteiger partial charge in [-0.1, -0.05) is 17.7 Å². The quantitative estimate of drug-likeness (QED) is 0.939. The normalized spacial score (nSPS) is 13.2. The van der Waals surface area contributed by atoms with Crippen LogP contribution in [0, 0.1) is 5.82 Å². The minimum Gasteiger partial charge on any atom is -0.348 e. The zero-order valence-electron chi connectivity index (χ0n) is 12.4. The molecule has 2 aromatic carbocycles. The molecular formula is C17H14ClFN2O2. The number of carbonyl (C=O) groups excluding carboxylic acids is 2. The highest BCUT2D eigenvalue weighted by Gasteiger charge is 2.24. The van der Waals surface area contributed by atoms with E-state index in [0.29, 0.717) is 17.5 Å². The standard InChI is InChI=1S/C17H14ClFN2O2/c1-21-15-5-3-10(6-12(15)7-16(21)22)17(23)20-9-11-2-4-13(19)8-14(11)18/h2-6,8H,7,9H2,1H3,(H,20,23). The molecule has 1 heterocycles. The first-order chi connectivity index (χ1) is 11.0. The molecule has 0 radical (unpaired) electrons. The van der Waals surface area contributed by atoms with E-state index in [2.05, 4.69) is 5.32 Å². The maximum Gasteiger partial charge on any atom is 0.251 e. The van der Waals surface area contributed by atoms with Crippen LogP contribution in [0.1, 0.15) is 21.5 Å². The Balaban J connectivity index is 1.72. The third-order valence-electron chi connectivity index (χ3n) is 3.87. The fourth-order valence-corrected chi connectivity index (χ4v) is 2.79. The SMILES string of the molecule is CN1C(=O)Cc2cc(C(=O)NCc3ccc(F)cc3Cl)ccc21. The van der Waals surface area contributed by atoms with E-state index in [1.807, 2.05) is 0 Å². The molecule has 0 saturated carbocycles.